The predicted octanol–water partition coefficient (Wildman–Crippen LogP) is 3.44. The van der Waals surface area contributed by atoms with Crippen molar-refractivity contribution in [1.82, 2.24) is 9.66 Å². The summed E-state index contributed by atoms with van der Waals surface area (Å²) in [6, 6.07) is 17.8. The van der Waals surface area contributed by atoms with Crippen molar-refractivity contribution in [2.75, 3.05) is 12.3 Å². The lowest BCUT2D eigenvalue weighted by molar-refractivity contribution is 0.353. The lowest BCUT2D eigenvalue weighted by Crippen LogP contribution is -2.08. The molecule has 1 aromatic heterocycles. The van der Waals surface area contributed by atoms with Gasteiger partial charge in [0.25, 0.3) is 0 Å². The summed E-state index contributed by atoms with van der Waals surface area (Å²) in [7, 11) is 0. The van der Waals surface area contributed by atoms with Crippen LogP contribution in [-0.2, 0) is 0 Å². The molecule has 0 saturated heterocycles. The van der Waals surface area contributed by atoms with Gasteiger partial charge in [0.15, 0.2) is 0 Å². The van der Waals surface area contributed by atoms with Crippen LogP contribution in [0.3, 0.4) is 0 Å². The first kappa shape index (κ1) is 14.3. The summed E-state index contributed by atoms with van der Waals surface area (Å²) in [6.45, 7) is 0.487. The highest BCUT2D eigenvalue weighted by molar-refractivity contribution is 5.87. The quantitative estimate of drug-likeness (QED) is 0.753. The van der Waals surface area contributed by atoms with Crippen molar-refractivity contribution in [3.8, 4) is 17.0 Å². The van der Waals surface area contributed by atoms with Crippen LogP contribution in [0.1, 0.15) is 5.56 Å². The van der Waals surface area contributed by atoms with Crippen LogP contribution in [0.25, 0.3) is 17.3 Å². The van der Waals surface area contributed by atoms with Gasteiger partial charge in [-0.15, -0.1) is 0 Å². The van der Waals surface area contributed by atoms with Gasteiger partial charge in [0.1, 0.15) is 12.4 Å². The maximum Gasteiger partial charge on any atom is 0.221 e. The van der Waals surface area contributed by atoms with Gasteiger partial charge in [-0.25, -0.2) is 9.66 Å². The molecule has 1 aliphatic heterocycles. The number of rotatable bonds is 3. The molecule has 0 aliphatic carbocycles. The Kier molecular flexibility index (Phi) is 3.59. The van der Waals surface area contributed by atoms with E-state index in [2.05, 4.69) is 16.2 Å². The molecule has 2 N–H and O–H groups in total. The molecule has 0 atom stereocenters. The minimum Gasteiger partial charge on any atom is -0.488 e. The number of benzene rings is 2. The third-order valence-electron chi connectivity index (χ3n) is 3.79. The summed E-state index contributed by atoms with van der Waals surface area (Å²) in [5.74, 6) is 1.24. The highest BCUT2D eigenvalue weighted by Crippen LogP contribution is 2.25. The van der Waals surface area contributed by atoms with E-state index in [4.69, 9.17) is 10.5 Å². The molecular weight excluding hydrogens is 300 g/mol. The lowest BCUT2D eigenvalue weighted by Gasteiger charge is -2.15. The predicted molar refractivity (Wildman–Crippen MR) is 95.9 cm³/mol. The summed E-state index contributed by atoms with van der Waals surface area (Å²) in [5.41, 5.74) is 9.79. The second-order valence-electron chi connectivity index (χ2n) is 5.49. The van der Waals surface area contributed by atoms with Gasteiger partial charge in [-0.3, -0.25) is 0 Å². The van der Waals surface area contributed by atoms with Crippen LogP contribution in [0.2, 0.25) is 0 Å². The largest absolute Gasteiger partial charge is 0.488 e. The van der Waals surface area contributed by atoms with E-state index in [1.165, 1.54) is 0 Å². The topological polar surface area (TPSA) is 65.4 Å². The van der Waals surface area contributed by atoms with Gasteiger partial charge >= 0.3 is 0 Å². The van der Waals surface area contributed by atoms with Crippen molar-refractivity contribution < 1.29 is 4.74 Å². The summed E-state index contributed by atoms with van der Waals surface area (Å²) < 4.78 is 7.29. The number of fused-ring (bicyclic) bond motifs is 1. The van der Waals surface area contributed by atoms with Gasteiger partial charge < -0.3 is 10.5 Å². The summed E-state index contributed by atoms with van der Waals surface area (Å²) in [5, 5.41) is 4.40. The molecule has 3 aromatic rings. The Hall–Kier alpha value is -3.34. The number of hydrogen-bond acceptors (Lipinski definition) is 4. The lowest BCUT2D eigenvalue weighted by atomic mass is 10.1. The van der Waals surface area contributed by atoms with E-state index >= 15 is 0 Å². The van der Waals surface area contributed by atoms with Crippen LogP contribution < -0.4 is 10.5 Å². The normalized spacial score (nSPS) is 13.4. The fourth-order valence-corrected chi connectivity index (χ4v) is 2.57. The molecule has 4 rings (SSSR count). The highest BCUT2D eigenvalue weighted by Gasteiger charge is 2.10. The van der Waals surface area contributed by atoms with Crippen molar-refractivity contribution in [3.63, 3.8) is 0 Å². The number of aromatic nitrogens is 2. The van der Waals surface area contributed by atoms with Gasteiger partial charge in [0, 0.05) is 16.7 Å². The first-order valence-electron chi connectivity index (χ1n) is 7.66. The van der Waals surface area contributed by atoms with Gasteiger partial charge in [0.2, 0.25) is 5.95 Å². The van der Waals surface area contributed by atoms with E-state index < -0.39 is 0 Å². The van der Waals surface area contributed by atoms with Crippen LogP contribution >= 0.6 is 0 Å². The van der Waals surface area contributed by atoms with E-state index in [9.17, 15) is 0 Å². The maximum atomic E-state index is 5.96. The Morgan fingerprint density at radius 2 is 1.88 bits per heavy atom. The molecule has 1 aliphatic rings. The Morgan fingerprint density at radius 3 is 2.75 bits per heavy atom. The molecule has 0 fully saturated rings. The van der Waals surface area contributed by atoms with Crippen LogP contribution in [-0.4, -0.2) is 22.5 Å². The SMILES string of the molecule is Nc1nc(-c2ccccc2)cn1/N=C/C1=Cc2ccccc2OC1. The molecule has 0 saturated carbocycles. The fourth-order valence-electron chi connectivity index (χ4n) is 2.57. The smallest absolute Gasteiger partial charge is 0.221 e. The Balaban J connectivity index is 1.59. The molecule has 24 heavy (non-hydrogen) atoms. The minimum absolute atomic E-state index is 0.350. The first-order chi connectivity index (χ1) is 11.8. The van der Waals surface area contributed by atoms with Crippen molar-refractivity contribution in [3.05, 3.63) is 71.9 Å². The van der Waals surface area contributed by atoms with Crippen molar-refractivity contribution in [2.24, 2.45) is 5.10 Å². The van der Waals surface area contributed by atoms with E-state index in [1.807, 2.05) is 60.8 Å². The van der Waals surface area contributed by atoms with Gasteiger partial charge in [-0.05, 0) is 12.1 Å². The third kappa shape index (κ3) is 2.79. The summed E-state index contributed by atoms with van der Waals surface area (Å²) >= 11 is 0. The number of hydrogen-bond donors (Lipinski definition) is 1. The average Bonchev–Trinajstić information content (AvgIpc) is 3.01. The zero-order chi connectivity index (χ0) is 16.4. The molecule has 0 unspecified atom stereocenters. The van der Waals surface area contributed by atoms with E-state index in [0.717, 1.165) is 28.1 Å². The van der Waals surface area contributed by atoms with E-state index in [1.54, 1.807) is 10.9 Å². The first-order valence-corrected chi connectivity index (χ1v) is 7.66. The molecule has 0 spiro atoms. The molecule has 118 valence electrons. The van der Waals surface area contributed by atoms with Crippen molar-refractivity contribution >= 4 is 18.2 Å². The number of nitrogen functional groups attached to an aromatic ring is 1. The number of ether oxygens (including phenoxy) is 1. The highest BCUT2D eigenvalue weighted by atomic mass is 16.5. The van der Waals surface area contributed by atoms with Crippen LogP contribution in [0.4, 0.5) is 5.95 Å². The molecular formula is C19H16N4O. The number of para-hydroxylation sites is 1. The van der Waals surface area contributed by atoms with E-state index in [-0.39, 0.29) is 0 Å². The molecule has 0 bridgehead atoms. The molecule has 2 heterocycles. The van der Waals surface area contributed by atoms with E-state index in [0.29, 0.717) is 12.6 Å². The number of nitrogens with zero attached hydrogens (tertiary/aromatic N) is 3. The van der Waals surface area contributed by atoms with Crippen molar-refractivity contribution in [2.45, 2.75) is 0 Å². The van der Waals surface area contributed by atoms with Crippen LogP contribution in [0, 0.1) is 0 Å². The molecule has 0 amide bonds. The average molecular weight is 316 g/mol. The Labute approximate surface area is 139 Å². The number of imidazole rings is 1. The van der Waals surface area contributed by atoms with Crippen LogP contribution in [0.15, 0.2) is 71.5 Å². The molecule has 5 nitrogen and oxygen atoms in total. The van der Waals surface area contributed by atoms with Gasteiger partial charge in [-0.2, -0.15) is 5.10 Å². The second-order valence-corrected chi connectivity index (χ2v) is 5.49. The zero-order valence-electron chi connectivity index (χ0n) is 13.0. The standard InChI is InChI=1S/C19H16N4O/c20-19-22-17(15-6-2-1-3-7-15)12-23(19)21-11-14-10-16-8-4-5-9-18(16)24-13-14/h1-12H,13H2,(H2,20,22)/b21-11+. The monoisotopic (exact) mass is 316 g/mol. The second kappa shape index (κ2) is 6.04. The Morgan fingerprint density at radius 1 is 1.08 bits per heavy atom. The zero-order valence-corrected chi connectivity index (χ0v) is 13.0. The number of anilines is 1. The minimum atomic E-state index is 0.350. The summed E-state index contributed by atoms with van der Waals surface area (Å²) in [4.78, 5) is 4.36. The summed E-state index contributed by atoms with van der Waals surface area (Å²) in [6.07, 6.45) is 5.63. The molecule has 2 aromatic carbocycles. The Bertz CT molecular complexity index is 926. The van der Waals surface area contributed by atoms with Gasteiger partial charge in [-0.1, -0.05) is 48.5 Å². The molecule has 0 radical (unpaired) electrons. The number of nitrogens with two attached hydrogens (primary N) is 1. The molecule has 5 heteroatoms. The fraction of sp³-hybridized carbons (Fsp3) is 0.0526. The third-order valence-corrected chi connectivity index (χ3v) is 3.79. The maximum absolute atomic E-state index is 5.96. The van der Waals surface area contributed by atoms with Crippen LogP contribution in [0.5, 0.6) is 5.75 Å². The van der Waals surface area contributed by atoms with Gasteiger partial charge in [0.05, 0.1) is 18.1 Å². The van der Waals surface area contributed by atoms with Crippen molar-refractivity contribution in [1.29, 1.82) is 0 Å².